The molecular weight excluding hydrogens is 228 g/mol. The van der Waals surface area contributed by atoms with Crippen molar-refractivity contribution in [2.24, 2.45) is 0 Å². The first-order valence-electron chi connectivity index (χ1n) is 4.84. The van der Waals surface area contributed by atoms with Crippen LogP contribution in [0.25, 0.3) is 0 Å². The van der Waals surface area contributed by atoms with Gasteiger partial charge in [0.25, 0.3) is 6.47 Å². The lowest BCUT2D eigenvalue weighted by Crippen LogP contribution is -2.25. The Hall–Kier alpha value is -1.92. The molecule has 0 saturated carbocycles. The van der Waals surface area contributed by atoms with E-state index in [1.165, 1.54) is 24.3 Å². The highest BCUT2D eigenvalue weighted by atomic mass is 16.6. The van der Waals surface area contributed by atoms with Gasteiger partial charge >= 0.3 is 5.97 Å². The van der Waals surface area contributed by atoms with Gasteiger partial charge < -0.3 is 19.7 Å². The van der Waals surface area contributed by atoms with Crippen LogP contribution in [-0.2, 0) is 9.53 Å². The maximum absolute atomic E-state index is 11.5. The fourth-order valence-corrected chi connectivity index (χ4v) is 1.08. The molecule has 92 valence electrons. The minimum absolute atomic E-state index is 0.232. The Bertz CT molecular complexity index is 368. The van der Waals surface area contributed by atoms with E-state index in [1.54, 1.807) is 0 Å². The minimum atomic E-state index is -0.937. The van der Waals surface area contributed by atoms with Gasteiger partial charge in [-0.25, -0.2) is 4.79 Å². The molecule has 0 saturated heterocycles. The van der Waals surface area contributed by atoms with E-state index in [2.05, 4.69) is 4.74 Å². The average molecular weight is 240 g/mol. The van der Waals surface area contributed by atoms with Crippen molar-refractivity contribution in [3.63, 3.8) is 0 Å². The molecule has 0 bridgehead atoms. The van der Waals surface area contributed by atoms with Gasteiger partial charge in [0.1, 0.15) is 11.9 Å². The molecule has 0 aromatic heterocycles. The third kappa shape index (κ3) is 3.86. The van der Waals surface area contributed by atoms with Crippen LogP contribution >= 0.6 is 0 Å². The van der Waals surface area contributed by atoms with Gasteiger partial charge in [-0.2, -0.15) is 0 Å². The van der Waals surface area contributed by atoms with Crippen molar-refractivity contribution in [1.29, 1.82) is 0 Å². The maximum Gasteiger partial charge on any atom is 0.338 e. The Labute approximate surface area is 97.4 Å². The van der Waals surface area contributed by atoms with Gasteiger partial charge in [0.05, 0.1) is 18.8 Å². The summed E-state index contributed by atoms with van der Waals surface area (Å²) in [6, 6.07) is 5.68. The predicted molar refractivity (Wildman–Crippen MR) is 56.5 cm³/mol. The molecule has 0 aliphatic rings. The highest BCUT2D eigenvalue weighted by molar-refractivity contribution is 5.89. The van der Waals surface area contributed by atoms with E-state index in [4.69, 9.17) is 14.9 Å². The summed E-state index contributed by atoms with van der Waals surface area (Å²) in [6.45, 7) is -0.621. The second-order valence-corrected chi connectivity index (χ2v) is 3.13. The molecule has 6 heteroatoms. The van der Waals surface area contributed by atoms with Crippen LogP contribution in [0.3, 0.4) is 0 Å². The van der Waals surface area contributed by atoms with Gasteiger partial charge in [0.2, 0.25) is 0 Å². The number of hydrogen-bond donors (Lipinski definition) is 2. The summed E-state index contributed by atoms with van der Waals surface area (Å²) in [5, 5.41) is 17.5. The van der Waals surface area contributed by atoms with E-state index >= 15 is 0 Å². The number of rotatable bonds is 6. The van der Waals surface area contributed by atoms with Crippen molar-refractivity contribution in [1.82, 2.24) is 0 Å². The fourth-order valence-electron chi connectivity index (χ4n) is 1.08. The topological polar surface area (TPSA) is 93.1 Å². The summed E-state index contributed by atoms with van der Waals surface area (Å²) in [5.41, 5.74) is 0.232. The Balaban J connectivity index is 2.66. The number of aliphatic hydroxyl groups excluding tert-OH is 2. The molecule has 0 heterocycles. The highest BCUT2D eigenvalue weighted by Crippen LogP contribution is 2.12. The summed E-state index contributed by atoms with van der Waals surface area (Å²) >= 11 is 0. The molecule has 0 fully saturated rings. The molecule has 0 atom stereocenters. The molecule has 1 rings (SSSR count). The summed E-state index contributed by atoms with van der Waals surface area (Å²) in [6.07, 6.45) is -0.937. The standard InChI is InChI=1S/C11H12O6/c12-5-10(6-13)17-11(15)8-1-3-9(4-2-8)16-7-14/h1-4,7,10,12-13H,5-6H2. The molecule has 0 radical (unpaired) electrons. The lowest BCUT2D eigenvalue weighted by Gasteiger charge is -2.12. The SMILES string of the molecule is O=COc1ccc(C(=O)OC(CO)CO)cc1. The van der Waals surface area contributed by atoms with Crippen molar-refractivity contribution in [2.75, 3.05) is 13.2 Å². The molecule has 0 unspecified atom stereocenters. The summed E-state index contributed by atoms with van der Waals surface area (Å²) < 4.78 is 9.34. The number of carbonyl (C=O) groups is 2. The smallest absolute Gasteiger partial charge is 0.338 e. The van der Waals surface area contributed by atoms with Crippen molar-refractivity contribution in [2.45, 2.75) is 6.10 Å². The van der Waals surface area contributed by atoms with Crippen LogP contribution in [0.5, 0.6) is 5.75 Å². The third-order valence-corrected chi connectivity index (χ3v) is 1.96. The van der Waals surface area contributed by atoms with E-state index < -0.39 is 25.3 Å². The Morgan fingerprint density at radius 3 is 2.29 bits per heavy atom. The van der Waals surface area contributed by atoms with Crippen LogP contribution in [0.15, 0.2) is 24.3 Å². The van der Waals surface area contributed by atoms with E-state index in [0.717, 1.165) is 0 Å². The molecule has 1 aromatic rings. The third-order valence-electron chi connectivity index (χ3n) is 1.96. The van der Waals surface area contributed by atoms with Crippen LogP contribution in [-0.4, -0.2) is 42.0 Å². The molecule has 0 spiro atoms. The molecule has 17 heavy (non-hydrogen) atoms. The van der Waals surface area contributed by atoms with E-state index in [-0.39, 0.29) is 12.0 Å². The largest absolute Gasteiger partial charge is 0.454 e. The number of carbonyl (C=O) groups excluding carboxylic acids is 2. The number of aliphatic hydroxyl groups is 2. The van der Waals surface area contributed by atoms with Crippen LogP contribution < -0.4 is 4.74 Å². The summed E-state index contributed by atoms with van der Waals surface area (Å²) in [4.78, 5) is 21.5. The van der Waals surface area contributed by atoms with Gasteiger partial charge in [-0.1, -0.05) is 0 Å². The van der Waals surface area contributed by atoms with Gasteiger partial charge in [0.15, 0.2) is 0 Å². The quantitative estimate of drug-likeness (QED) is 0.525. The Morgan fingerprint density at radius 1 is 1.24 bits per heavy atom. The highest BCUT2D eigenvalue weighted by Gasteiger charge is 2.14. The van der Waals surface area contributed by atoms with Crippen molar-refractivity contribution in [3.8, 4) is 5.75 Å². The van der Waals surface area contributed by atoms with Gasteiger partial charge in [-0.3, -0.25) is 4.79 Å². The van der Waals surface area contributed by atoms with Gasteiger partial charge in [0, 0.05) is 0 Å². The van der Waals surface area contributed by atoms with E-state index in [1.807, 2.05) is 0 Å². The van der Waals surface area contributed by atoms with Crippen molar-refractivity contribution in [3.05, 3.63) is 29.8 Å². The number of benzene rings is 1. The zero-order valence-corrected chi connectivity index (χ0v) is 8.91. The minimum Gasteiger partial charge on any atom is -0.454 e. The Morgan fingerprint density at radius 2 is 1.82 bits per heavy atom. The zero-order chi connectivity index (χ0) is 12.7. The second-order valence-electron chi connectivity index (χ2n) is 3.13. The number of ether oxygens (including phenoxy) is 2. The van der Waals surface area contributed by atoms with Crippen LogP contribution in [0, 0.1) is 0 Å². The van der Waals surface area contributed by atoms with Crippen molar-refractivity contribution < 1.29 is 29.3 Å². The first-order chi connectivity index (χ1) is 8.21. The van der Waals surface area contributed by atoms with Crippen molar-refractivity contribution >= 4 is 12.4 Å². The lowest BCUT2D eigenvalue weighted by atomic mass is 10.2. The predicted octanol–water partition coefficient (Wildman–Crippen LogP) is -0.268. The second kappa shape index (κ2) is 6.62. The first kappa shape index (κ1) is 13.1. The zero-order valence-electron chi connectivity index (χ0n) is 8.91. The Kier molecular flexibility index (Phi) is 5.12. The molecule has 0 aliphatic carbocycles. The fraction of sp³-hybridized carbons (Fsp3) is 0.273. The van der Waals surface area contributed by atoms with Crippen LogP contribution in [0.2, 0.25) is 0 Å². The summed E-state index contributed by atoms with van der Waals surface area (Å²) in [5.74, 6) is -0.367. The van der Waals surface area contributed by atoms with Crippen LogP contribution in [0.1, 0.15) is 10.4 Å². The monoisotopic (exact) mass is 240 g/mol. The van der Waals surface area contributed by atoms with Gasteiger partial charge in [-0.05, 0) is 24.3 Å². The van der Waals surface area contributed by atoms with Crippen LogP contribution in [0.4, 0.5) is 0 Å². The first-order valence-corrected chi connectivity index (χ1v) is 4.84. The normalized spacial score (nSPS) is 10.1. The van der Waals surface area contributed by atoms with E-state index in [9.17, 15) is 9.59 Å². The molecule has 6 nitrogen and oxygen atoms in total. The van der Waals surface area contributed by atoms with Gasteiger partial charge in [-0.15, -0.1) is 0 Å². The lowest BCUT2D eigenvalue weighted by molar-refractivity contribution is -0.120. The molecule has 0 amide bonds. The molecule has 2 N–H and O–H groups in total. The van der Waals surface area contributed by atoms with E-state index in [0.29, 0.717) is 5.75 Å². The maximum atomic E-state index is 11.5. The molecule has 1 aromatic carbocycles. The number of esters is 1. The molecule has 0 aliphatic heterocycles. The summed E-state index contributed by atoms with van der Waals surface area (Å²) in [7, 11) is 0. The average Bonchev–Trinajstić information content (AvgIpc) is 2.37. The molecular formula is C11H12O6. The number of hydrogen-bond acceptors (Lipinski definition) is 6.